The Kier molecular flexibility index (Phi) is 12.2. The number of nitrogens with one attached hydrogen (secondary N) is 1. The van der Waals surface area contributed by atoms with Gasteiger partial charge < -0.3 is 29.0 Å². The molecule has 1 N–H and O–H groups in total. The Morgan fingerprint density at radius 2 is 1.43 bits per heavy atom. The van der Waals surface area contributed by atoms with E-state index in [1.165, 1.54) is 11.1 Å². The molecule has 0 saturated carbocycles. The lowest BCUT2D eigenvalue weighted by Gasteiger charge is -2.26. The van der Waals surface area contributed by atoms with E-state index in [0.29, 0.717) is 16.7 Å². The minimum Gasteiger partial charge on any atom is -0.467 e. The Bertz CT molecular complexity index is 1060. The summed E-state index contributed by atoms with van der Waals surface area (Å²) in [4.78, 5) is 0. The number of benzene rings is 3. The third kappa shape index (κ3) is 9.69. The molecule has 0 aliphatic heterocycles. The van der Waals surface area contributed by atoms with Crippen LogP contribution in [0.25, 0.3) is 0 Å². The van der Waals surface area contributed by atoms with E-state index in [1.54, 1.807) is 14.2 Å². The summed E-state index contributed by atoms with van der Waals surface area (Å²) in [5.41, 5.74) is 3.58. The van der Waals surface area contributed by atoms with Crippen LogP contribution in [0, 0.1) is 0 Å². The molecule has 0 heterocycles. The summed E-state index contributed by atoms with van der Waals surface area (Å²) >= 11 is 5.58. The summed E-state index contributed by atoms with van der Waals surface area (Å²) in [6.45, 7) is 3.17. The summed E-state index contributed by atoms with van der Waals surface area (Å²) in [5.74, 6) is 1.38. The van der Waals surface area contributed by atoms with Crippen LogP contribution in [0.15, 0.2) is 78.9 Å². The first-order valence-electron chi connectivity index (χ1n) is 12.5. The molecule has 0 radical (unpaired) electrons. The van der Waals surface area contributed by atoms with Gasteiger partial charge in [-0.25, -0.2) is 0 Å². The zero-order valence-electron chi connectivity index (χ0n) is 21.9. The summed E-state index contributed by atoms with van der Waals surface area (Å²) in [6.07, 6.45) is 2.33. The molecule has 0 saturated heterocycles. The van der Waals surface area contributed by atoms with E-state index in [0.717, 1.165) is 31.4 Å². The second-order valence-electron chi connectivity index (χ2n) is 8.73. The first-order valence-corrected chi connectivity index (χ1v) is 12.9. The quantitative estimate of drug-likeness (QED) is 0.197. The molecule has 0 aliphatic carbocycles. The predicted octanol–water partition coefficient (Wildman–Crippen LogP) is 5.89. The first kappa shape index (κ1) is 28.4. The molecule has 3 rings (SSSR count). The van der Waals surface area contributed by atoms with Crippen LogP contribution in [0.1, 0.15) is 36.0 Å². The van der Waals surface area contributed by atoms with E-state index in [2.05, 4.69) is 48.6 Å². The Hall–Kier alpha value is -3.13. The van der Waals surface area contributed by atoms with Gasteiger partial charge >= 0.3 is 0 Å². The fourth-order valence-electron chi connectivity index (χ4n) is 4.01. The lowest BCUT2D eigenvalue weighted by atomic mass is 9.91. The minimum atomic E-state index is -0.105. The van der Waals surface area contributed by atoms with Gasteiger partial charge in [0.15, 0.2) is 25.1 Å². The SMILES string of the molecule is COCOc1ccc(CCC(OC(=S)NCCc2ccccc2)C(C)c2ccccc2)cc1OCOC. The summed E-state index contributed by atoms with van der Waals surface area (Å²) in [7, 11) is 3.17. The van der Waals surface area contributed by atoms with Gasteiger partial charge in [0.05, 0.1) is 0 Å². The summed E-state index contributed by atoms with van der Waals surface area (Å²) < 4.78 is 27.8. The van der Waals surface area contributed by atoms with Crippen LogP contribution in [-0.2, 0) is 27.1 Å². The van der Waals surface area contributed by atoms with Crippen LogP contribution >= 0.6 is 12.2 Å². The third-order valence-corrected chi connectivity index (χ3v) is 6.30. The van der Waals surface area contributed by atoms with Crippen molar-refractivity contribution >= 4 is 17.4 Å². The molecular formula is C30H37NO5S. The smallest absolute Gasteiger partial charge is 0.256 e. The molecule has 0 aliphatic rings. The molecule has 198 valence electrons. The Morgan fingerprint density at radius 1 is 0.784 bits per heavy atom. The number of rotatable bonds is 15. The molecule has 0 bridgehead atoms. The van der Waals surface area contributed by atoms with Gasteiger partial charge in [0.25, 0.3) is 5.17 Å². The molecule has 37 heavy (non-hydrogen) atoms. The Balaban J connectivity index is 1.66. The molecule has 0 fully saturated rings. The van der Waals surface area contributed by atoms with Gasteiger partial charge in [-0.1, -0.05) is 73.7 Å². The minimum absolute atomic E-state index is 0.105. The topological polar surface area (TPSA) is 58.2 Å². The van der Waals surface area contributed by atoms with Crippen LogP contribution in [0.3, 0.4) is 0 Å². The summed E-state index contributed by atoms with van der Waals surface area (Å²) in [6, 6.07) is 26.6. The van der Waals surface area contributed by atoms with E-state index >= 15 is 0 Å². The van der Waals surface area contributed by atoms with E-state index in [9.17, 15) is 0 Å². The first-order chi connectivity index (χ1) is 18.1. The highest BCUT2D eigenvalue weighted by atomic mass is 32.1. The normalized spacial score (nSPS) is 12.4. The average molecular weight is 524 g/mol. The van der Waals surface area contributed by atoms with Gasteiger partial charge in [-0.15, -0.1) is 0 Å². The highest BCUT2D eigenvalue weighted by molar-refractivity contribution is 7.80. The van der Waals surface area contributed by atoms with Gasteiger partial charge in [-0.2, -0.15) is 0 Å². The maximum absolute atomic E-state index is 6.33. The number of hydrogen-bond acceptors (Lipinski definition) is 6. The van der Waals surface area contributed by atoms with Crippen LogP contribution in [-0.4, -0.2) is 45.6 Å². The van der Waals surface area contributed by atoms with Crippen LogP contribution < -0.4 is 14.8 Å². The van der Waals surface area contributed by atoms with Crippen molar-refractivity contribution < 1.29 is 23.7 Å². The average Bonchev–Trinajstić information content (AvgIpc) is 2.94. The highest BCUT2D eigenvalue weighted by Crippen LogP contribution is 2.31. The van der Waals surface area contributed by atoms with Crippen LogP contribution in [0.5, 0.6) is 11.5 Å². The maximum Gasteiger partial charge on any atom is 0.256 e. The molecule has 3 aromatic rings. The van der Waals surface area contributed by atoms with E-state index < -0.39 is 0 Å². The van der Waals surface area contributed by atoms with Crippen molar-refractivity contribution in [3.8, 4) is 11.5 Å². The molecule has 0 amide bonds. The Labute approximate surface area is 225 Å². The lowest BCUT2D eigenvalue weighted by molar-refractivity contribution is 0.0322. The number of methoxy groups -OCH3 is 2. The zero-order valence-corrected chi connectivity index (χ0v) is 22.7. The lowest BCUT2D eigenvalue weighted by Crippen LogP contribution is -2.33. The van der Waals surface area contributed by atoms with Crippen LogP contribution in [0.2, 0.25) is 0 Å². The fourth-order valence-corrected chi connectivity index (χ4v) is 4.23. The fraction of sp³-hybridized carbons (Fsp3) is 0.367. The number of aryl methyl sites for hydroxylation is 1. The van der Waals surface area contributed by atoms with Gasteiger partial charge in [0.1, 0.15) is 6.10 Å². The van der Waals surface area contributed by atoms with Crippen molar-refractivity contribution in [1.82, 2.24) is 5.32 Å². The maximum atomic E-state index is 6.33. The van der Waals surface area contributed by atoms with Gasteiger partial charge in [0, 0.05) is 26.7 Å². The molecular weight excluding hydrogens is 486 g/mol. The monoisotopic (exact) mass is 523 g/mol. The third-order valence-electron chi connectivity index (χ3n) is 6.06. The van der Waals surface area contributed by atoms with Crippen LogP contribution in [0.4, 0.5) is 0 Å². The van der Waals surface area contributed by atoms with Crippen molar-refractivity contribution in [3.05, 3.63) is 95.6 Å². The Morgan fingerprint density at radius 3 is 2.11 bits per heavy atom. The van der Waals surface area contributed by atoms with E-state index in [4.69, 9.17) is 35.9 Å². The molecule has 7 heteroatoms. The molecule has 3 aromatic carbocycles. The standard InChI is InChI=1S/C30H37NO5S/c1-23(26-12-8-5-9-13-26)27(36-30(37)31-19-18-24-10-6-4-7-11-24)16-14-25-15-17-28(34-21-32-2)29(20-25)35-22-33-3/h4-13,15,17,20,23,27H,14,16,18-19,21-22H2,1-3H3,(H,31,37). The van der Waals surface area contributed by atoms with Crippen molar-refractivity contribution in [2.45, 2.75) is 38.2 Å². The van der Waals surface area contributed by atoms with Gasteiger partial charge in [-0.05, 0) is 60.3 Å². The number of thiocarbonyl (C=S) groups is 1. The molecule has 6 nitrogen and oxygen atoms in total. The van der Waals surface area contributed by atoms with Crippen molar-refractivity contribution in [2.24, 2.45) is 0 Å². The number of ether oxygens (including phenoxy) is 5. The van der Waals surface area contributed by atoms with Crippen molar-refractivity contribution in [2.75, 3.05) is 34.4 Å². The molecule has 2 unspecified atom stereocenters. The molecule has 2 atom stereocenters. The molecule has 0 aromatic heterocycles. The van der Waals surface area contributed by atoms with E-state index in [-0.39, 0.29) is 25.6 Å². The predicted molar refractivity (Wildman–Crippen MR) is 150 cm³/mol. The second-order valence-corrected chi connectivity index (χ2v) is 9.10. The van der Waals surface area contributed by atoms with E-state index in [1.807, 2.05) is 42.5 Å². The van der Waals surface area contributed by atoms with Gasteiger partial charge in [0.2, 0.25) is 0 Å². The zero-order chi connectivity index (χ0) is 26.3. The molecule has 0 spiro atoms. The number of hydrogen-bond donors (Lipinski definition) is 1. The van der Waals surface area contributed by atoms with Crippen molar-refractivity contribution in [1.29, 1.82) is 0 Å². The summed E-state index contributed by atoms with van der Waals surface area (Å²) in [5, 5.41) is 3.70. The largest absolute Gasteiger partial charge is 0.467 e. The highest BCUT2D eigenvalue weighted by Gasteiger charge is 2.22. The second kappa shape index (κ2) is 15.9. The van der Waals surface area contributed by atoms with Gasteiger partial charge in [-0.3, -0.25) is 0 Å². The van der Waals surface area contributed by atoms with Crippen molar-refractivity contribution in [3.63, 3.8) is 0 Å².